The van der Waals surface area contributed by atoms with Crippen LogP contribution < -0.4 is 20.5 Å². The standard InChI is InChI=1S/C37H38N2O2.C35H36N4O2.ClH/c1-4-26-7-6-10-33(21-26)39-36(19-25(2)38-39)37(40)22-28-8-5-9-31(20-28)35(18-13-27-11-12-27)32-15-14-30-24-34(41-3)17-16-29(30)23-32;1-23-15-33(39(38-23)31-8-4-6-26(17-31)21-36)34(40)18-25-5-3-7-29(16-25)35(37-22-24-9-10-24)30-12-11-28-20-32(41-2)14-13-27(28)19-30;/h5-10,14-17,19-21,23-24,27,35H,4,11-13,18,22H2,1-3H3;3-8,11-17,19-20,24,35,37H,9-10,18,21-22,36H2,1-2H3;1H. The second kappa shape index (κ2) is 26.4. The van der Waals surface area contributed by atoms with E-state index in [4.69, 9.17) is 15.2 Å². The van der Waals surface area contributed by atoms with Gasteiger partial charge in [-0.05, 0) is 197 Å². The summed E-state index contributed by atoms with van der Waals surface area (Å²) in [5, 5.41) is 17.9. The summed E-state index contributed by atoms with van der Waals surface area (Å²) < 4.78 is 14.4. The number of hydrogen-bond donors (Lipinski definition) is 2. The SMILES string of the molecule is CCc1cccc(-n2nc(C)cc2C(=O)Cc2cccc(C(CCC3CC3)c3ccc4cc(OC)ccc4c3)c2)c1.COc1ccc2cc(C(NCC3CC3)c3cccc(CC(=O)c4cc(C)nn4-c4cccc(CN)c4)c3)ccc2c1.Cl. The number of methoxy groups -OCH3 is 2. The van der Waals surface area contributed by atoms with E-state index in [0.717, 1.165) is 93.1 Å². The van der Waals surface area contributed by atoms with Crippen molar-refractivity contribution in [2.75, 3.05) is 20.8 Å². The molecule has 0 spiro atoms. The van der Waals surface area contributed by atoms with Crippen LogP contribution in [0.2, 0.25) is 0 Å². The number of benzene rings is 8. The first-order valence-corrected chi connectivity index (χ1v) is 29.2. The molecule has 0 radical (unpaired) electrons. The molecule has 0 saturated heterocycles. The van der Waals surface area contributed by atoms with Crippen LogP contribution in [0.4, 0.5) is 0 Å². The first-order valence-electron chi connectivity index (χ1n) is 29.2. The summed E-state index contributed by atoms with van der Waals surface area (Å²) in [6.45, 7) is 7.41. The molecule has 2 aliphatic rings. The minimum absolute atomic E-state index is 0. The summed E-state index contributed by atoms with van der Waals surface area (Å²) in [6.07, 6.45) is 9.21. The van der Waals surface area contributed by atoms with E-state index in [9.17, 15) is 9.59 Å². The summed E-state index contributed by atoms with van der Waals surface area (Å²) in [5.41, 5.74) is 19.7. The summed E-state index contributed by atoms with van der Waals surface area (Å²) in [6, 6.07) is 62.9. The van der Waals surface area contributed by atoms with E-state index < -0.39 is 0 Å². The Kier molecular flexibility index (Phi) is 18.5. The predicted molar refractivity (Wildman–Crippen MR) is 337 cm³/mol. The molecule has 2 saturated carbocycles. The van der Waals surface area contributed by atoms with Gasteiger partial charge in [-0.2, -0.15) is 10.2 Å². The van der Waals surface area contributed by atoms with Crippen LogP contribution in [0.5, 0.6) is 11.5 Å². The van der Waals surface area contributed by atoms with Crippen LogP contribution in [0.15, 0.2) is 182 Å². The molecule has 424 valence electrons. The highest BCUT2D eigenvalue weighted by Crippen LogP contribution is 2.40. The lowest BCUT2D eigenvalue weighted by Gasteiger charge is -2.21. The lowest BCUT2D eigenvalue weighted by molar-refractivity contribution is 0.0977. The fourth-order valence-electron chi connectivity index (χ4n) is 11.4. The minimum atomic E-state index is 0. The molecule has 11 heteroatoms. The summed E-state index contributed by atoms with van der Waals surface area (Å²) in [4.78, 5) is 27.3. The zero-order valence-electron chi connectivity index (χ0n) is 48.3. The third kappa shape index (κ3) is 14.2. The molecule has 8 aromatic carbocycles. The van der Waals surface area contributed by atoms with Gasteiger partial charge < -0.3 is 20.5 Å². The average molecular weight is 1120 g/mol. The molecule has 10 aromatic rings. The molecule has 2 aromatic heterocycles. The van der Waals surface area contributed by atoms with E-state index in [1.54, 1.807) is 18.9 Å². The largest absolute Gasteiger partial charge is 0.497 e. The Morgan fingerprint density at radius 2 is 1.00 bits per heavy atom. The van der Waals surface area contributed by atoms with E-state index in [0.29, 0.717) is 36.7 Å². The quantitative estimate of drug-likeness (QED) is 0.0643. The van der Waals surface area contributed by atoms with Crippen molar-refractivity contribution in [3.63, 3.8) is 0 Å². The average Bonchev–Trinajstić information content (AvgIpc) is 4.58. The van der Waals surface area contributed by atoms with Gasteiger partial charge in [-0.25, -0.2) is 9.36 Å². The molecule has 0 amide bonds. The van der Waals surface area contributed by atoms with Gasteiger partial charge in [0, 0.05) is 25.3 Å². The Morgan fingerprint density at radius 3 is 1.55 bits per heavy atom. The summed E-state index contributed by atoms with van der Waals surface area (Å²) in [7, 11) is 3.40. The van der Waals surface area contributed by atoms with Crippen molar-refractivity contribution in [2.24, 2.45) is 17.6 Å². The van der Waals surface area contributed by atoms with Crippen molar-refractivity contribution in [3.05, 3.63) is 249 Å². The van der Waals surface area contributed by atoms with Crippen molar-refractivity contribution in [2.45, 2.75) is 97.1 Å². The van der Waals surface area contributed by atoms with Gasteiger partial charge in [-0.15, -0.1) is 12.4 Å². The molecule has 2 heterocycles. The number of aryl methyl sites for hydroxylation is 3. The number of ether oxygens (including phenoxy) is 2. The number of carbonyl (C=O) groups is 2. The fraction of sp³-hybridized carbons (Fsp3) is 0.278. The van der Waals surface area contributed by atoms with Crippen LogP contribution in [0.3, 0.4) is 0 Å². The second-order valence-electron chi connectivity index (χ2n) is 22.6. The van der Waals surface area contributed by atoms with Gasteiger partial charge in [0.15, 0.2) is 11.6 Å². The van der Waals surface area contributed by atoms with Crippen molar-refractivity contribution in [1.29, 1.82) is 0 Å². The smallest absolute Gasteiger partial charge is 0.185 e. The topological polar surface area (TPSA) is 126 Å². The molecule has 83 heavy (non-hydrogen) atoms. The first-order chi connectivity index (χ1) is 40.0. The number of nitrogens with zero attached hydrogens (tertiary/aromatic N) is 4. The van der Waals surface area contributed by atoms with E-state index in [1.165, 1.54) is 70.5 Å². The number of aromatic nitrogens is 4. The van der Waals surface area contributed by atoms with Crippen LogP contribution in [-0.2, 0) is 25.8 Å². The maximum Gasteiger partial charge on any atom is 0.185 e. The normalized spacial score (nSPS) is 13.7. The van der Waals surface area contributed by atoms with Gasteiger partial charge in [0.25, 0.3) is 0 Å². The molecule has 2 fully saturated rings. The maximum atomic E-state index is 13.7. The summed E-state index contributed by atoms with van der Waals surface area (Å²) in [5.74, 6) is 3.75. The number of ketones is 2. The Hall–Kier alpha value is -8.15. The van der Waals surface area contributed by atoms with Gasteiger partial charge in [0.05, 0.1) is 43.0 Å². The number of carbonyl (C=O) groups excluding carboxylic acids is 2. The van der Waals surface area contributed by atoms with Gasteiger partial charge >= 0.3 is 0 Å². The molecule has 3 N–H and O–H groups in total. The fourth-order valence-corrected chi connectivity index (χ4v) is 11.4. The number of nitrogens with two attached hydrogens (primary N) is 1. The number of Topliss-reactive ketones (excluding diaryl/α,β-unsaturated/α-hetero) is 2. The van der Waals surface area contributed by atoms with Crippen molar-refractivity contribution in [3.8, 4) is 22.9 Å². The molecule has 12 rings (SSSR count). The highest BCUT2D eigenvalue weighted by atomic mass is 35.5. The Morgan fingerprint density at radius 1 is 0.542 bits per heavy atom. The maximum absolute atomic E-state index is 13.7. The van der Waals surface area contributed by atoms with Crippen LogP contribution in [0.25, 0.3) is 32.9 Å². The molecule has 0 aliphatic heterocycles. The van der Waals surface area contributed by atoms with E-state index >= 15 is 0 Å². The van der Waals surface area contributed by atoms with Gasteiger partial charge in [-0.3, -0.25) is 9.59 Å². The van der Waals surface area contributed by atoms with Crippen LogP contribution >= 0.6 is 12.4 Å². The Bertz CT molecular complexity index is 3660. The number of fused-ring (bicyclic) bond motifs is 2. The Balaban J connectivity index is 0.000000183. The van der Waals surface area contributed by atoms with Gasteiger partial charge in [0.1, 0.15) is 22.9 Å². The Labute approximate surface area is 494 Å². The van der Waals surface area contributed by atoms with E-state index in [2.05, 4.69) is 138 Å². The van der Waals surface area contributed by atoms with Crippen LogP contribution in [0, 0.1) is 25.7 Å². The first kappa shape index (κ1) is 58.1. The molecule has 0 bridgehead atoms. The molecule has 2 aliphatic carbocycles. The molecule has 10 nitrogen and oxygen atoms in total. The third-order valence-corrected chi connectivity index (χ3v) is 16.3. The lowest BCUT2D eigenvalue weighted by atomic mass is 9.85. The third-order valence-electron chi connectivity index (χ3n) is 16.3. The predicted octanol–water partition coefficient (Wildman–Crippen LogP) is 15.4. The summed E-state index contributed by atoms with van der Waals surface area (Å²) >= 11 is 0. The highest BCUT2D eigenvalue weighted by Gasteiger charge is 2.27. The van der Waals surface area contributed by atoms with E-state index in [1.807, 2.05) is 85.3 Å². The van der Waals surface area contributed by atoms with Crippen molar-refractivity contribution >= 4 is 45.5 Å². The number of nitrogens with one attached hydrogen (secondary N) is 1. The minimum Gasteiger partial charge on any atom is -0.497 e. The molecule has 2 unspecified atom stereocenters. The molecule has 2 atom stereocenters. The zero-order chi connectivity index (χ0) is 56.7. The zero-order valence-corrected chi connectivity index (χ0v) is 49.1. The number of rotatable bonds is 22. The van der Waals surface area contributed by atoms with Crippen molar-refractivity contribution in [1.82, 2.24) is 24.9 Å². The van der Waals surface area contributed by atoms with Crippen LogP contribution in [0.1, 0.15) is 134 Å². The van der Waals surface area contributed by atoms with Crippen molar-refractivity contribution < 1.29 is 19.1 Å². The molecular weight excluding hydrogens is 1050 g/mol. The highest BCUT2D eigenvalue weighted by molar-refractivity contribution is 5.97. The number of halogens is 1. The van der Waals surface area contributed by atoms with Gasteiger partial charge in [0.2, 0.25) is 0 Å². The lowest BCUT2D eigenvalue weighted by Crippen LogP contribution is -2.24. The molecular formula is C72H75ClN6O4. The second-order valence-corrected chi connectivity index (χ2v) is 22.6. The monoisotopic (exact) mass is 1120 g/mol. The van der Waals surface area contributed by atoms with Crippen LogP contribution in [-0.4, -0.2) is 51.9 Å². The van der Waals surface area contributed by atoms with Gasteiger partial charge in [-0.1, -0.05) is 135 Å². The van der Waals surface area contributed by atoms with E-state index in [-0.39, 0.29) is 30.0 Å². The number of hydrogen-bond acceptors (Lipinski definition) is 8.